The van der Waals surface area contributed by atoms with Gasteiger partial charge in [0.2, 0.25) is 0 Å². The van der Waals surface area contributed by atoms with Crippen molar-refractivity contribution in [2.24, 2.45) is 11.1 Å². The molecule has 0 aromatic heterocycles. The first-order valence-corrected chi connectivity index (χ1v) is 11.7. The van der Waals surface area contributed by atoms with Crippen molar-refractivity contribution in [3.05, 3.63) is 53.1 Å². The molecule has 0 unspecified atom stereocenters. The van der Waals surface area contributed by atoms with Crippen LogP contribution in [-0.2, 0) is 10.2 Å². The van der Waals surface area contributed by atoms with Crippen LogP contribution in [0.25, 0.3) is 0 Å². The average Bonchev–Trinajstić information content (AvgIpc) is 2.78. The largest absolute Gasteiger partial charge is 0.507 e. The summed E-state index contributed by atoms with van der Waals surface area (Å²) in [5.41, 5.74) is 3.38. The number of ether oxygens (including phenoxy) is 2. The first-order valence-electron chi connectivity index (χ1n) is 11.7. The van der Waals surface area contributed by atoms with Gasteiger partial charge in [0.25, 0.3) is 0 Å². The number of phenols is 1. The third-order valence-corrected chi connectivity index (χ3v) is 5.48. The fourth-order valence-corrected chi connectivity index (χ4v) is 3.57. The molecule has 0 amide bonds. The molecule has 0 fully saturated rings. The highest BCUT2D eigenvalue weighted by Gasteiger charge is 2.22. The van der Waals surface area contributed by atoms with Crippen LogP contribution in [-0.4, -0.2) is 48.3 Å². The van der Waals surface area contributed by atoms with E-state index in [2.05, 4.69) is 50.7 Å². The Hall–Kier alpha value is -3.22. The van der Waals surface area contributed by atoms with Crippen LogP contribution in [0.3, 0.4) is 0 Å². The summed E-state index contributed by atoms with van der Waals surface area (Å²) >= 11 is 0. The van der Waals surface area contributed by atoms with Gasteiger partial charge < -0.3 is 24.7 Å². The Kier molecular flexibility index (Phi) is 9.36. The second kappa shape index (κ2) is 11.8. The predicted molar refractivity (Wildman–Crippen MR) is 136 cm³/mol. The molecule has 0 aliphatic carbocycles. The molecule has 0 heterocycles. The summed E-state index contributed by atoms with van der Waals surface area (Å²) in [6.07, 6.45) is 0. The Morgan fingerprint density at radius 2 is 1.76 bits per heavy atom. The highest BCUT2D eigenvalue weighted by molar-refractivity contribution is 6.02. The van der Waals surface area contributed by atoms with Gasteiger partial charge in [-0.05, 0) is 55.0 Å². The standard InChI is InChI=1S/C27H38N2O5/c1-8-29(9-2)24-13-10-19(14-22(24)27(5,6)7)23(28-32)17-33-20-11-12-21(25(30)15-20)26(31)34-16-18(3)4/h10-15,18,30,32H,8-9,16-17H2,1-7H3/b28-23+. The lowest BCUT2D eigenvalue weighted by atomic mass is 9.84. The van der Waals surface area contributed by atoms with Crippen molar-refractivity contribution >= 4 is 17.4 Å². The Morgan fingerprint density at radius 1 is 1.09 bits per heavy atom. The van der Waals surface area contributed by atoms with Gasteiger partial charge in [0, 0.05) is 30.4 Å². The summed E-state index contributed by atoms with van der Waals surface area (Å²) < 4.78 is 10.9. The molecular formula is C27H38N2O5. The van der Waals surface area contributed by atoms with Crippen molar-refractivity contribution in [2.45, 2.75) is 53.9 Å². The minimum absolute atomic E-state index is 0.0126. The number of rotatable bonds is 10. The number of nitrogens with zero attached hydrogens (tertiary/aromatic N) is 2. The van der Waals surface area contributed by atoms with E-state index in [0.29, 0.717) is 11.5 Å². The molecule has 2 aromatic rings. The van der Waals surface area contributed by atoms with Crippen LogP contribution in [0.5, 0.6) is 11.5 Å². The molecule has 7 heteroatoms. The summed E-state index contributed by atoms with van der Waals surface area (Å²) in [6, 6.07) is 10.4. The topological polar surface area (TPSA) is 91.6 Å². The van der Waals surface area contributed by atoms with Crippen molar-refractivity contribution in [2.75, 3.05) is 31.2 Å². The van der Waals surface area contributed by atoms with Crippen molar-refractivity contribution in [1.29, 1.82) is 0 Å². The van der Waals surface area contributed by atoms with Crippen molar-refractivity contribution in [1.82, 2.24) is 0 Å². The van der Waals surface area contributed by atoms with Gasteiger partial charge in [-0.25, -0.2) is 4.79 Å². The molecule has 34 heavy (non-hydrogen) atoms. The molecule has 0 aliphatic heterocycles. The van der Waals surface area contributed by atoms with Crippen LogP contribution in [0, 0.1) is 5.92 Å². The maximum absolute atomic E-state index is 12.1. The smallest absolute Gasteiger partial charge is 0.341 e. The van der Waals surface area contributed by atoms with E-state index in [1.807, 2.05) is 26.0 Å². The number of hydrogen-bond acceptors (Lipinski definition) is 7. The van der Waals surface area contributed by atoms with Crippen molar-refractivity contribution in [3.63, 3.8) is 0 Å². The molecule has 0 saturated carbocycles. The molecular weight excluding hydrogens is 432 g/mol. The number of anilines is 1. The number of carbonyl (C=O) groups is 1. The molecule has 2 rings (SSSR count). The van der Waals surface area contributed by atoms with E-state index >= 15 is 0 Å². The van der Waals surface area contributed by atoms with E-state index in [-0.39, 0.29) is 35.9 Å². The molecule has 2 aromatic carbocycles. The van der Waals surface area contributed by atoms with Crippen LogP contribution < -0.4 is 9.64 Å². The average molecular weight is 471 g/mol. The first kappa shape index (κ1) is 27.0. The van der Waals surface area contributed by atoms with Gasteiger partial charge >= 0.3 is 5.97 Å². The summed E-state index contributed by atoms with van der Waals surface area (Å²) in [5, 5.41) is 23.4. The highest BCUT2D eigenvalue weighted by atomic mass is 16.5. The number of carbonyl (C=O) groups excluding carboxylic acids is 1. The molecule has 2 N–H and O–H groups in total. The number of benzene rings is 2. The van der Waals surface area contributed by atoms with Gasteiger partial charge in [-0.2, -0.15) is 0 Å². The van der Waals surface area contributed by atoms with Crippen LogP contribution in [0.1, 0.15) is 70.0 Å². The lowest BCUT2D eigenvalue weighted by Gasteiger charge is -2.30. The van der Waals surface area contributed by atoms with Crippen LogP contribution in [0.4, 0.5) is 5.69 Å². The van der Waals surface area contributed by atoms with Gasteiger partial charge in [-0.1, -0.05) is 45.8 Å². The zero-order chi connectivity index (χ0) is 25.5. The zero-order valence-electron chi connectivity index (χ0n) is 21.4. The quantitative estimate of drug-likeness (QED) is 0.203. The maximum Gasteiger partial charge on any atom is 0.341 e. The first-order chi connectivity index (χ1) is 16.0. The van der Waals surface area contributed by atoms with E-state index in [0.717, 1.165) is 29.9 Å². The van der Waals surface area contributed by atoms with Gasteiger partial charge in [0.15, 0.2) is 0 Å². The molecule has 0 aliphatic rings. The molecule has 0 atom stereocenters. The lowest BCUT2D eigenvalue weighted by Crippen LogP contribution is -2.27. The van der Waals surface area contributed by atoms with E-state index in [4.69, 9.17) is 9.47 Å². The summed E-state index contributed by atoms with van der Waals surface area (Å²) in [7, 11) is 0. The summed E-state index contributed by atoms with van der Waals surface area (Å²) in [5.74, 6) is -0.273. The van der Waals surface area contributed by atoms with Crippen LogP contribution >= 0.6 is 0 Å². The fraction of sp³-hybridized carbons (Fsp3) is 0.481. The van der Waals surface area contributed by atoms with E-state index in [1.165, 1.54) is 12.1 Å². The summed E-state index contributed by atoms with van der Waals surface area (Å²) in [4.78, 5) is 14.4. The van der Waals surface area contributed by atoms with Gasteiger partial charge in [-0.3, -0.25) is 0 Å². The Bertz CT molecular complexity index is 1000. The molecule has 0 radical (unpaired) electrons. The Labute approximate surface area is 203 Å². The normalized spacial score (nSPS) is 12.1. The molecule has 0 bridgehead atoms. The number of hydrogen-bond donors (Lipinski definition) is 2. The van der Waals surface area contributed by atoms with Gasteiger partial charge in [0.05, 0.1) is 6.61 Å². The number of phenolic OH excluding ortho intramolecular Hbond substituents is 1. The Balaban J connectivity index is 2.21. The minimum atomic E-state index is -0.585. The second-order valence-corrected chi connectivity index (χ2v) is 9.66. The molecule has 0 spiro atoms. The maximum atomic E-state index is 12.1. The summed E-state index contributed by atoms with van der Waals surface area (Å²) in [6.45, 7) is 16.6. The lowest BCUT2D eigenvalue weighted by molar-refractivity contribution is 0.0455. The predicted octanol–water partition coefficient (Wildman–Crippen LogP) is 5.61. The highest BCUT2D eigenvalue weighted by Crippen LogP contribution is 2.33. The van der Waals surface area contributed by atoms with Crippen LogP contribution in [0.15, 0.2) is 41.6 Å². The molecule has 186 valence electrons. The van der Waals surface area contributed by atoms with Gasteiger partial charge in [0.1, 0.15) is 29.4 Å². The van der Waals surface area contributed by atoms with E-state index in [1.54, 1.807) is 6.07 Å². The monoisotopic (exact) mass is 470 g/mol. The number of aromatic hydroxyl groups is 1. The zero-order valence-corrected chi connectivity index (χ0v) is 21.4. The molecule has 0 saturated heterocycles. The van der Waals surface area contributed by atoms with E-state index in [9.17, 15) is 15.1 Å². The third-order valence-electron chi connectivity index (χ3n) is 5.48. The third kappa shape index (κ3) is 6.89. The van der Waals surface area contributed by atoms with Crippen molar-refractivity contribution in [3.8, 4) is 11.5 Å². The Morgan fingerprint density at radius 3 is 2.29 bits per heavy atom. The van der Waals surface area contributed by atoms with E-state index < -0.39 is 5.97 Å². The SMILES string of the molecule is CCN(CC)c1ccc(/C(COc2ccc(C(=O)OCC(C)C)c(O)c2)=N/O)cc1C(C)(C)C. The van der Waals surface area contributed by atoms with Gasteiger partial charge in [-0.15, -0.1) is 0 Å². The van der Waals surface area contributed by atoms with Crippen LogP contribution in [0.2, 0.25) is 0 Å². The fourth-order valence-electron chi connectivity index (χ4n) is 3.57. The minimum Gasteiger partial charge on any atom is -0.507 e. The van der Waals surface area contributed by atoms with Crippen molar-refractivity contribution < 1.29 is 24.6 Å². The number of oxime groups is 1. The number of esters is 1. The second-order valence-electron chi connectivity index (χ2n) is 9.66. The molecule has 7 nitrogen and oxygen atoms in total.